The molecule has 1 rings (SSSR count). The van der Waals surface area contributed by atoms with E-state index < -0.39 is 24.2 Å². The van der Waals surface area contributed by atoms with Crippen LogP contribution in [0.1, 0.15) is 17.6 Å². The van der Waals surface area contributed by atoms with E-state index in [0.717, 1.165) is 19.2 Å². The molecule has 1 aromatic rings. The summed E-state index contributed by atoms with van der Waals surface area (Å²) in [6.07, 6.45) is -6.95. The van der Waals surface area contributed by atoms with E-state index >= 15 is 0 Å². The molecule has 1 aromatic heterocycles. The summed E-state index contributed by atoms with van der Waals surface area (Å²) in [5.74, 6) is -0.847. The minimum Gasteiger partial charge on any atom is -0.388 e. The third kappa shape index (κ3) is 3.03. The molecule has 0 N–H and O–H groups in total. The van der Waals surface area contributed by atoms with Gasteiger partial charge >= 0.3 is 6.36 Å². The number of aromatic nitrogens is 1. The first-order valence-electron chi connectivity index (χ1n) is 3.80. The monoisotopic (exact) mass is 227 g/mol. The molecule has 0 aliphatic carbocycles. The Hall–Kier alpha value is -1.40. The van der Waals surface area contributed by atoms with E-state index in [1.165, 1.54) is 0 Å². The van der Waals surface area contributed by atoms with Gasteiger partial charge in [0.25, 0.3) is 6.43 Å². The summed E-state index contributed by atoms with van der Waals surface area (Å²) in [7, 11) is 0. The van der Waals surface area contributed by atoms with Crippen LogP contribution in [-0.4, -0.2) is 11.3 Å². The third-order valence-corrected chi connectivity index (χ3v) is 1.65. The highest BCUT2D eigenvalue weighted by atomic mass is 19.4. The maximum Gasteiger partial charge on any atom is 0.574 e. The first-order valence-corrected chi connectivity index (χ1v) is 3.80. The summed E-state index contributed by atoms with van der Waals surface area (Å²) < 4.78 is 63.4. The van der Waals surface area contributed by atoms with Crippen LogP contribution >= 0.6 is 0 Å². The summed E-state index contributed by atoms with van der Waals surface area (Å²) in [5, 5.41) is 0. The van der Waals surface area contributed by atoms with E-state index in [-0.39, 0.29) is 5.56 Å². The molecule has 2 nitrogen and oxygen atoms in total. The van der Waals surface area contributed by atoms with Crippen LogP contribution in [0.15, 0.2) is 12.3 Å². The number of nitrogens with zero attached hydrogens (tertiary/aromatic N) is 1. The van der Waals surface area contributed by atoms with Crippen LogP contribution in [0.25, 0.3) is 0 Å². The minimum absolute atomic E-state index is 0.315. The van der Waals surface area contributed by atoms with Crippen molar-refractivity contribution in [1.82, 2.24) is 4.98 Å². The van der Waals surface area contributed by atoms with Crippen molar-refractivity contribution in [3.05, 3.63) is 23.4 Å². The number of hydrogen-bond acceptors (Lipinski definition) is 2. The zero-order valence-electron chi connectivity index (χ0n) is 7.48. The largest absolute Gasteiger partial charge is 0.574 e. The van der Waals surface area contributed by atoms with Gasteiger partial charge in [0.1, 0.15) is 0 Å². The van der Waals surface area contributed by atoms with Crippen LogP contribution in [0.5, 0.6) is 5.88 Å². The van der Waals surface area contributed by atoms with Gasteiger partial charge in [-0.25, -0.2) is 13.8 Å². The van der Waals surface area contributed by atoms with Crippen LogP contribution in [-0.2, 0) is 0 Å². The summed E-state index contributed by atoms with van der Waals surface area (Å²) >= 11 is 0. The molecule has 0 saturated heterocycles. The van der Waals surface area contributed by atoms with Gasteiger partial charge in [-0.2, -0.15) is 0 Å². The molecule has 0 spiro atoms. The Kier molecular flexibility index (Phi) is 3.11. The average molecular weight is 227 g/mol. The highest BCUT2D eigenvalue weighted by Gasteiger charge is 2.33. The van der Waals surface area contributed by atoms with Gasteiger partial charge in [-0.15, -0.1) is 13.2 Å². The standard InChI is InChI=1S/C8H6F5NO/c1-4-5(6(9)10)2-3-14-7(4)15-8(11,12)13/h2-3,6H,1H3. The zero-order valence-corrected chi connectivity index (χ0v) is 7.48. The normalized spacial score (nSPS) is 11.9. The van der Waals surface area contributed by atoms with Gasteiger partial charge in [-0.3, -0.25) is 0 Å². The number of pyridine rings is 1. The quantitative estimate of drug-likeness (QED) is 0.723. The molecule has 7 heteroatoms. The predicted octanol–water partition coefficient (Wildman–Crippen LogP) is 3.23. The van der Waals surface area contributed by atoms with E-state index in [0.29, 0.717) is 0 Å². The number of hydrogen-bond donors (Lipinski definition) is 0. The second kappa shape index (κ2) is 4.00. The Balaban J connectivity index is 3.05. The van der Waals surface area contributed by atoms with Gasteiger partial charge in [0.2, 0.25) is 5.88 Å². The molecule has 84 valence electrons. The van der Waals surface area contributed by atoms with Crippen molar-refractivity contribution in [2.75, 3.05) is 0 Å². The molecule has 0 bridgehead atoms. The number of halogens is 5. The molecule has 0 aromatic carbocycles. The Labute approximate surface area is 81.7 Å². The summed E-state index contributed by atoms with van der Waals surface area (Å²) in [6.45, 7) is 1.09. The van der Waals surface area contributed by atoms with Gasteiger partial charge in [0, 0.05) is 17.3 Å². The smallest absolute Gasteiger partial charge is 0.388 e. The maximum atomic E-state index is 12.3. The molecule has 0 radical (unpaired) electrons. The molecule has 0 atom stereocenters. The Morgan fingerprint density at radius 2 is 1.93 bits per heavy atom. The highest BCUT2D eigenvalue weighted by molar-refractivity contribution is 5.33. The highest BCUT2D eigenvalue weighted by Crippen LogP contribution is 2.30. The lowest BCUT2D eigenvalue weighted by Gasteiger charge is -2.12. The lowest BCUT2D eigenvalue weighted by atomic mass is 10.1. The van der Waals surface area contributed by atoms with Crippen molar-refractivity contribution in [3.8, 4) is 5.88 Å². The summed E-state index contributed by atoms with van der Waals surface area (Å²) in [4.78, 5) is 3.23. The lowest BCUT2D eigenvalue weighted by molar-refractivity contribution is -0.276. The van der Waals surface area contributed by atoms with Crippen LogP contribution in [0.3, 0.4) is 0 Å². The topological polar surface area (TPSA) is 22.1 Å². The van der Waals surface area contributed by atoms with Crippen LogP contribution in [0.4, 0.5) is 22.0 Å². The van der Waals surface area contributed by atoms with Crippen LogP contribution in [0, 0.1) is 6.92 Å². The molecule has 1 heterocycles. The van der Waals surface area contributed by atoms with E-state index in [1.807, 2.05) is 0 Å². The second-order valence-corrected chi connectivity index (χ2v) is 2.68. The molecule has 0 saturated carbocycles. The molecule has 0 aliphatic rings. The van der Waals surface area contributed by atoms with Crippen LogP contribution < -0.4 is 4.74 Å². The number of rotatable bonds is 2. The first-order chi connectivity index (χ1) is 6.81. The fraction of sp³-hybridized carbons (Fsp3) is 0.375. The van der Waals surface area contributed by atoms with E-state index in [9.17, 15) is 22.0 Å². The van der Waals surface area contributed by atoms with Crippen molar-refractivity contribution in [1.29, 1.82) is 0 Å². The fourth-order valence-corrected chi connectivity index (χ4v) is 0.979. The zero-order chi connectivity index (χ0) is 11.6. The van der Waals surface area contributed by atoms with E-state index in [2.05, 4.69) is 9.72 Å². The minimum atomic E-state index is -4.93. The molecule has 0 fully saturated rings. The molecule has 15 heavy (non-hydrogen) atoms. The third-order valence-electron chi connectivity index (χ3n) is 1.65. The Morgan fingerprint density at radius 3 is 2.40 bits per heavy atom. The van der Waals surface area contributed by atoms with Crippen molar-refractivity contribution in [2.45, 2.75) is 19.7 Å². The number of alkyl halides is 5. The van der Waals surface area contributed by atoms with Gasteiger partial charge in [-0.1, -0.05) is 0 Å². The SMILES string of the molecule is Cc1c(C(F)F)ccnc1OC(F)(F)F. The molecular formula is C8H6F5NO. The molecule has 0 amide bonds. The predicted molar refractivity (Wildman–Crippen MR) is 40.6 cm³/mol. The van der Waals surface area contributed by atoms with Gasteiger partial charge < -0.3 is 4.74 Å². The Morgan fingerprint density at radius 1 is 1.33 bits per heavy atom. The first kappa shape index (κ1) is 11.7. The fourth-order valence-electron chi connectivity index (χ4n) is 0.979. The van der Waals surface area contributed by atoms with Crippen molar-refractivity contribution < 1.29 is 26.7 Å². The number of ether oxygens (including phenoxy) is 1. The van der Waals surface area contributed by atoms with E-state index in [1.54, 1.807) is 0 Å². The van der Waals surface area contributed by atoms with Crippen molar-refractivity contribution in [3.63, 3.8) is 0 Å². The Bertz CT molecular complexity index is 349. The molecule has 0 aliphatic heterocycles. The van der Waals surface area contributed by atoms with Crippen molar-refractivity contribution >= 4 is 0 Å². The van der Waals surface area contributed by atoms with Crippen LogP contribution in [0.2, 0.25) is 0 Å². The van der Waals surface area contributed by atoms with Crippen molar-refractivity contribution in [2.24, 2.45) is 0 Å². The second-order valence-electron chi connectivity index (χ2n) is 2.68. The molecular weight excluding hydrogens is 221 g/mol. The van der Waals surface area contributed by atoms with E-state index in [4.69, 9.17) is 0 Å². The molecule has 0 unspecified atom stereocenters. The summed E-state index contributed by atoms with van der Waals surface area (Å²) in [5.41, 5.74) is -0.839. The average Bonchev–Trinajstić information content (AvgIpc) is 2.05. The van der Waals surface area contributed by atoms with Gasteiger partial charge in [0.05, 0.1) is 0 Å². The maximum absolute atomic E-state index is 12.3. The lowest BCUT2D eigenvalue weighted by Crippen LogP contribution is -2.19. The van der Waals surface area contributed by atoms with Gasteiger partial charge in [-0.05, 0) is 13.0 Å². The summed E-state index contributed by atoms with van der Waals surface area (Å²) in [6, 6.07) is 0.948. The van der Waals surface area contributed by atoms with Gasteiger partial charge in [0.15, 0.2) is 0 Å².